The van der Waals surface area contributed by atoms with E-state index in [4.69, 9.17) is 9.47 Å². The van der Waals surface area contributed by atoms with Crippen LogP contribution >= 0.6 is 0 Å². The molecule has 0 bridgehead atoms. The molecule has 0 aromatic heterocycles. The van der Waals surface area contributed by atoms with Crippen molar-refractivity contribution in [1.29, 1.82) is 0 Å². The Morgan fingerprint density at radius 2 is 1.75 bits per heavy atom. The van der Waals surface area contributed by atoms with Crippen LogP contribution in [0.3, 0.4) is 0 Å². The zero-order chi connectivity index (χ0) is 28.2. The Morgan fingerprint density at radius 3 is 2.48 bits per heavy atom. The molecule has 0 radical (unpaired) electrons. The van der Waals surface area contributed by atoms with Gasteiger partial charge in [0.05, 0.1) is 24.0 Å². The summed E-state index contributed by atoms with van der Waals surface area (Å²) in [5.41, 5.74) is 0.268. The van der Waals surface area contributed by atoms with Crippen molar-refractivity contribution >= 4 is 28.9 Å². The number of para-hydroxylation sites is 2. The summed E-state index contributed by atoms with van der Waals surface area (Å²) < 4.78 is 28.0. The number of aliphatic hydroxyl groups is 1. The predicted molar refractivity (Wildman–Crippen MR) is 149 cm³/mol. The van der Waals surface area contributed by atoms with Crippen LogP contribution in [0.15, 0.2) is 72.8 Å². The summed E-state index contributed by atoms with van der Waals surface area (Å²) in [4.78, 5) is 30.9. The van der Waals surface area contributed by atoms with Crippen LogP contribution in [-0.4, -0.2) is 41.9 Å². The summed E-state index contributed by atoms with van der Waals surface area (Å²) in [5, 5.41) is 9.82. The first-order valence-electron chi connectivity index (χ1n) is 13.7. The fourth-order valence-electron chi connectivity index (χ4n) is 6.88. The number of fused-ring (bicyclic) bond motifs is 3. The van der Waals surface area contributed by atoms with Gasteiger partial charge in [0.25, 0.3) is 11.8 Å². The van der Waals surface area contributed by atoms with Gasteiger partial charge in [-0.15, -0.1) is 0 Å². The average molecular weight is 545 g/mol. The number of anilines is 3. The van der Waals surface area contributed by atoms with Crippen molar-refractivity contribution in [1.82, 2.24) is 0 Å². The van der Waals surface area contributed by atoms with E-state index in [0.29, 0.717) is 34.9 Å². The van der Waals surface area contributed by atoms with Crippen molar-refractivity contribution in [2.45, 2.75) is 51.1 Å². The van der Waals surface area contributed by atoms with E-state index in [0.717, 1.165) is 5.56 Å². The fraction of sp³-hybridized carbons (Fsp3) is 0.375. The number of halogens is 1. The maximum atomic E-state index is 15.7. The Kier molecular flexibility index (Phi) is 6.43. The normalized spacial score (nSPS) is 25.8. The molecule has 4 atom stereocenters. The number of alkyl halides is 1. The molecular formula is C32H33FN2O5. The first-order chi connectivity index (χ1) is 19.2. The summed E-state index contributed by atoms with van der Waals surface area (Å²) in [7, 11) is 0. The maximum absolute atomic E-state index is 15.7. The third-order valence-corrected chi connectivity index (χ3v) is 8.51. The quantitative estimate of drug-likeness (QED) is 0.458. The minimum atomic E-state index is -1.66. The molecule has 3 aromatic rings. The molecule has 6 rings (SSSR count). The molecule has 3 aliphatic rings. The average Bonchev–Trinajstić information content (AvgIpc) is 3.36. The molecule has 208 valence electrons. The van der Waals surface area contributed by atoms with Crippen molar-refractivity contribution in [3.8, 4) is 5.75 Å². The smallest absolute Gasteiger partial charge is 0.269 e. The van der Waals surface area contributed by atoms with Crippen LogP contribution in [0.1, 0.15) is 38.3 Å². The van der Waals surface area contributed by atoms with Crippen LogP contribution in [0, 0.1) is 11.8 Å². The molecule has 1 N–H and O–H groups in total. The van der Waals surface area contributed by atoms with Gasteiger partial charge in [-0.3, -0.25) is 14.5 Å². The third kappa shape index (κ3) is 4.00. The molecule has 3 aromatic carbocycles. The molecule has 2 amide bonds. The number of rotatable bonds is 6. The van der Waals surface area contributed by atoms with E-state index < -0.39 is 29.2 Å². The topological polar surface area (TPSA) is 79.3 Å². The molecule has 0 unspecified atom stereocenters. The highest BCUT2D eigenvalue weighted by Gasteiger charge is 2.66. The molecule has 1 saturated heterocycles. The maximum Gasteiger partial charge on any atom is 0.269 e. The Balaban J connectivity index is 1.52. The monoisotopic (exact) mass is 544 g/mol. The van der Waals surface area contributed by atoms with E-state index in [1.54, 1.807) is 9.80 Å². The van der Waals surface area contributed by atoms with Crippen LogP contribution in [0.2, 0.25) is 0 Å². The van der Waals surface area contributed by atoms with Gasteiger partial charge in [-0.2, -0.15) is 0 Å². The van der Waals surface area contributed by atoms with Gasteiger partial charge in [0, 0.05) is 29.7 Å². The number of amides is 2. The SMILES string of the molecule is C[C@@H]1[C@@H](C(C)(C)F)[C@H](CCO)O[C@@]12C(=O)N(Cc1ccccc1)c1ccc(N3C(=O)COc4ccccc43)cc12. The zero-order valence-corrected chi connectivity index (χ0v) is 22.8. The van der Waals surface area contributed by atoms with E-state index in [1.807, 2.05) is 79.7 Å². The van der Waals surface area contributed by atoms with Crippen molar-refractivity contribution in [2.24, 2.45) is 11.8 Å². The Morgan fingerprint density at radius 1 is 1.02 bits per heavy atom. The number of aliphatic hydroxyl groups excluding tert-OH is 1. The van der Waals surface area contributed by atoms with Gasteiger partial charge in [0.15, 0.2) is 12.2 Å². The number of hydrogen-bond acceptors (Lipinski definition) is 5. The number of ether oxygens (including phenoxy) is 2. The third-order valence-electron chi connectivity index (χ3n) is 8.51. The molecule has 0 saturated carbocycles. The number of carbonyl (C=O) groups is 2. The van der Waals surface area contributed by atoms with Gasteiger partial charge < -0.3 is 19.5 Å². The minimum absolute atomic E-state index is 0.109. The van der Waals surface area contributed by atoms with Gasteiger partial charge in [-0.25, -0.2) is 4.39 Å². The van der Waals surface area contributed by atoms with E-state index in [-0.39, 0.29) is 31.4 Å². The van der Waals surface area contributed by atoms with Gasteiger partial charge in [0.2, 0.25) is 0 Å². The van der Waals surface area contributed by atoms with Crippen molar-refractivity contribution in [2.75, 3.05) is 23.0 Å². The van der Waals surface area contributed by atoms with E-state index in [1.165, 1.54) is 13.8 Å². The van der Waals surface area contributed by atoms with Crippen LogP contribution in [0.25, 0.3) is 0 Å². The number of nitrogens with zero attached hydrogens (tertiary/aromatic N) is 2. The Bertz CT molecular complexity index is 1460. The first kappa shape index (κ1) is 26.5. The second kappa shape index (κ2) is 9.71. The lowest BCUT2D eigenvalue weighted by molar-refractivity contribution is -0.146. The molecular weight excluding hydrogens is 511 g/mol. The van der Waals surface area contributed by atoms with Crippen molar-refractivity contribution < 1.29 is 28.6 Å². The highest BCUT2D eigenvalue weighted by Crippen LogP contribution is 2.59. The van der Waals surface area contributed by atoms with Gasteiger partial charge in [0.1, 0.15) is 11.4 Å². The highest BCUT2D eigenvalue weighted by atomic mass is 19.1. The van der Waals surface area contributed by atoms with E-state index in [2.05, 4.69) is 0 Å². The largest absolute Gasteiger partial charge is 0.482 e. The Labute approximate surface area is 233 Å². The second-order valence-electron chi connectivity index (χ2n) is 11.3. The van der Waals surface area contributed by atoms with Gasteiger partial charge >= 0.3 is 0 Å². The van der Waals surface area contributed by atoms with Gasteiger partial charge in [-0.1, -0.05) is 49.4 Å². The van der Waals surface area contributed by atoms with Gasteiger partial charge in [-0.05, 0) is 56.2 Å². The fourth-order valence-corrected chi connectivity index (χ4v) is 6.88. The molecule has 3 aliphatic heterocycles. The van der Waals surface area contributed by atoms with Crippen LogP contribution in [-0.2, 0) is 26.5 Å². The molecule has 1 spiro atoms. The van der Waals surface area contributed by atoms with E-state index >= 15 is 4.39 Å². The van der Waals surface area contributed by atoms with Crippen LogP contribution in [0.4, 0.5) is 21.5 Å². The lowest BCUT2D eigenvalue weighted by Crippen LogP contribution is -2.45. The van der Waals surface area contributed by atoms with E-state index in [9.17, 15) is 14.7 Å². The summed E-state index contributed by atoms with van der Waals surface area (Å²) >= 11 is 0. The zero-order valence-electron chi connectivity index (χ0n) is 22.8. The number of hydrogen-bond donors (Lipinski definition) is 1. The molecule has 40 heavy (non-hydrogen) atoms. The summed E-state index contributed by atoms with van der Waals surface area (Å²) in [6.07, 6.45) is -0.455. The molecule has 0 aliphatic carbocycles. The number of carbonyl (C=O) groups excluding carboxylic acids is 2. The van der Waals surface area contributed by atoms with Crippen molar-refractivity contribution in [3.05, 3.63) is 83.9 Å². The second-order valence-corrected chi connectivity index (χ2v) is 11.3. The van der Waals surface area contributed by atoms with Crippen LogP contribution < -0.4 is 14.5 Å². The molecule has 7 nitrogen and oxygen atoms in total. The summed E-state index contributed by atoms with van der Waals surface area (Å²) in [5.74, 6) is -1.09. The number of benzene rings is 3. The standard InChI is InChI=1S/C32H33FN2O5/c1-20-29(31(2,3)33)27(15-16-36)40-32(20)23-17-22(35-25-11-7-8-12-26(25)39-19-28(35)37)13-14-24(23)34(30(32)38)18-21-9-5-4-6-10-21/h4-14,17,20,27,29,36H,15-16,18-19H2,1-3H3/t20-,27+,29-,32+/m1/s1. The first-order valence-corrected chi connectivity index (χ1v) is 13.7. The molecule has 8 heteroatoms. The minimum Gasteiger partial charge on any atom is -0.482 e. The molecule has 3 heterocycles. The summed E-state index contributed by atoms with van der Waals surface area (Å²) in [6, 6.07) is 22.5. The Hall–Kier alpha value is -3.75. The highest BCUT2D eigenvalue weighted by molar-refractivity contribution is 6.09. The predicted octanol–water partition coefficient (Wildman–Crippen LogP) is 5.27. The lowest BCUT2D eigenvalue weighted by atomic mass is 9.71. The lowest BCUT2D eigenvalue weighted by Gasteiger charge is -2.33. The van der Waals surface area contributed by atoms with Crippen LogP contribution in [0.5, 0.6) is 5.75 Å². The van der Waals surface area contributed by atoms with Crippen molar-refractivity contribution in [3.63, 3.8) is 0 Å². The summed E-state index contributed by atoms with van der Waals surface area (Å²) in [6.45, 7) is 4.89. The molecule has 1 fully saturated rings.